The van der Waals surface area contributed by atoms with E-state index in [-0.39, 0.29) is 41.6 Å². The van der Waals surface area contributed by atoms with Crippen LogP contribution in [0.4, 0.5) is 23.9 Å². The summed E-state index contributed by atoms with van der Waals surface area (Å²) in [5, 5.41) is 0. The van der Waals surface area contributed by atoms with E-state index < -0.39 is 62.5 Å². The monoisotopic (exact) mass is 615 g/mol. The van der Waals surface area contributed by atoms with Crippen molar-refractivity contribution in [2.75, 3.05) is 25.6 Å². The molecule has 226 valence electrons. The lowest BCUT2D eigenvalue weighted by Crippen LogP contribution is -2.42. The number of hydrogen-bond donors (Lipinski definition) is 1. The van der Waals surface area contributed by atoms with Crippen molar-refractivity contribution in [3.8, 4) is 5.88 Å². The van der Waals surface area contributed by atoms with E-state index >= 15 is 0 Å². The maximum atomic E-state index is 13.4. The summed E-state index contributed by atoms with van der Waals surface area (Å²) in [6.07, 6.45) is -8.10. The third kappa shape index (κ3) is 5.04. The number of carbonyl (C=O) groups is 1. The number of rotatable bonds is 7. The average Bonchev–Trinajstić information content (AvgIpc) is 3.56. The van der Waals surface area contributed by atoms with Crippen molar-refractivity contribution in [1.82, 2.24) is 19.5 Å². The van der Waals surface area contributed by atoms with Gasteiger partial charge in [-0.15, -0.1) is 0 Å². The van der Waals surface area contributed by atoms with E-state index in [0.29, 0.717) is 6.61 Å². The first-order valence-electron chi connectivity index (χ1n) is 12.8. The summed E-state index contributed by atoms with van der Waals surface area (Å²) in [7, 11) is -4.27. The van der Waals surface area contributed by atoms with Crippen molar-refractivity contribution in [1.29, 1.82) is 0 Å². The number of alkyl halides is 3. The number of phosphoric acid groups is 1. The van der Waals surface area contributed by atoms with Crippen molar-refractivity contribution in [3.05, 3.63) is 41.7 Å². The maximum Gasteiger partial charge on any atom is 0.509 e. The van der Waals surface area contributed by atoms with Gasteiger partial charge in [-0.05, 0) is 31.5 Å². The van der Waals surface area contributed by atoms with Gasteiger partial charge in [-0.2, -0.15) is 23.1 Å². The van der Waals surface area contributed by atoms with Crippen LogP contribution in [0.15, 0.2) is 30.6 Å². The van der Waals surface area contributed by atoms with Crippen LogP contribution >= 0.6 is 7.82 Å². The molecule has 6 rings (SSSR count). The number of nitrogens with zero attached hydrogens (tertiary/aromatic N) is 4. The van der Waals surface area contributed by atoms with E-state index in [4.69, 9.17) is 38.3 Å². The van der Waals surface area contributed by atoms with Gasteiger partial charge in [-0.3, -0.25) is 18.1 Å². The van der Waals surface area contributed by atoms with Gasteiger partial charge in [0.25, 0.3) is 0 Å². The van der Waals surface area contributed by atoms with Gasteiger partial charge in [0, 0.05) is 6.42 Å². The molecule has 0 saturated carbocycles. The number of ether oxygens (including phenoxy) is 4. The molecule has 3 aliphatic heterocycles. The summed E-state index contributed by atoms with van der Waals surface area (Å²) < 4.78 is 93.4. The molecule has 0 amide bonds. The molecule has 3 aromatic rings. The quantitative estimate of drug-likeness (QED) is 0.295. The molecule has 0 radical (unpaired) electrons. The lowest BCUT2D eigenvalue weighted by atomic mass is 9.96. The smallest absolute Gasteiger partial charge is 0.476 e. The Morgan fingerprint density at radius 2 is 2.10 bits per heavy atom. The Labute approximate surface area is 235 Å². The molecule has 3 fully saturated rings. The molecule has 42 heavy (non-hydrogen) atoms. The largest absolute Gasteiger partial charge is 0.509 e. The molecule has 2 aromatic heterocycles. The molecule has 0 spiro atoms. The van der Waals surface area contributed by atoms with E-state index in [0.717, 1.165) is 12.1 Å². The molecule has 0 aliphatic carbocycles. The van der Waals surface area contributed by atoms with Crippen LogP contribution in [0.1, 0.15) is 43.7 Å². The Balaban J connectivity index is 1.22. The van der Waals surface area contributed by atoms with E-state index in [1.807, 2.05) is 0 Å². The molecule has 3 saturated heterocycles. The number of phosphoric ester groups is 1. The zero-order valence-corrected chi connectivity index (χ0v) is 23.0. The summed E-state index contributed by atoms with van der Waals surface area (Å²) in [4.78, 5) is 24.8. The predicted octanol–water partition coefficient (Wildman–Crippen LogP) is 4.32. The van der Waals surface area contributed by atoms with Crippen LogP contribution in [0, 0.1) is 0 Å². The zero-order valence-electron chi connectivity index (χ0n) is 22.1. The van der Waals surface area contributed by atoms with Gasteiger partial charge in [-0.25, -0.2) is 14.3 Å². The first-order chi connectivity index (χ1) is 19.9. The number of carbonyl (C=O) groups excluding carboxylic acids is 1. The van der Waals surface area contributed by atoms with Crippen molar-refractivity contribution in [2.45, 2.75) is 56.6 Å². The minimum atomic E-state index is -4.56. The first-order valence-corrected chi connectivity index (χ1v) is 14.3. The van der Waals surface area contributed by atoms with Gasteiger partial charge in [-0.1, -0.05) is 12.1 Å². The van der Waals surface area contributed by atoms with Crippen LogP contribution in [-0.2, 0) is 38.5 Å². The van der Waals surface area contributed by atoms with Crippen LogP contribution in [0.3, 0.4) is 0 Å². The highest BCUT2D eigenvalue weighted by Crippen LogP contribution is 2.58. The fraction of sp³-hybridized carbons (Fsp3) is 0.500. The minimum absolute atomic E-state index is 0.0908. The predicted molar refractivity (Wildman–Crippen MR) is 134 cm³/mol. The van der Waals surface area contributed by atoms with Gasteiger partial charge in [0.2, 0.25) is 11.8 Å². The van der Waals surface area contributed by atoms with Crippen molar-refractivity contribution in [3.63, 3.8) is 0 Å². The molecule has 1 aromatic carbocycles. The lowest BCUT2D eigenvalue weighted by molar-refractivity contribution is -0.137. The standard InChI is InChI=1S/C24H25F3N5O9P/c1-3-35-19-16-18(30-21(28)31-19)32(11-29-16)20-23(2)17(39-22(33)40-23)15(38-20)10-37-42(34)36-8-7-14(41-42)12-5-4-6-13(9-12)24(25,26)27/h4-6,9,11,14-15,17,20H,3,7-8,10H2,1-2H3,(H2,28,30,31)/t14-,15-,17-,20-,23-,42+/m1/s1. The Bertz CT molecular complexity index is 1570. The zero-order chi connectivity index (χ0) is 29.9. The molecule has 0 bridgehead atoms. The third-order valence-corrected chi connectivity index (χ3v) is 8.51. The first kappa shape index (κ1) is 28.6. The number of imidazole rings is 1. The molecule has 5 heterocycles. The highest BCUT2D eigenvalue weighted by molar-refractivity contribution is 7.48. The SMILES string of the molecule is CCOc1nc(N)nc2c1ncn2[C@@H]1O[C@H](CO[P@]2(=O)OCC[C@H](c3cccc(C(F)(F)F)c3)O2)[C@H]2OC(=O)O[C@]21C. The van der Waals surface area contributed by atoms with Crippen LogP contribution in [0.25, 0.3) is 11.2 Å². The average molecular weight is 615 g/mol. The van der Waals surface area contributed by atoms with E-state index in [1.165, 1.54) is 23.0 Å². The topological polar surface area (TPSA) is 168 Å². The maximum absolute atomic E-state index is 13.4. The van der Waals surface area contributed by atoms with Crippen molar-refractivity contribution in [2.24, 2.45) is 0 Å². The second-order valence-corrected chi connectivity index (χ2v) is 11.4. The van der Waals surface area contributed by atoms with Gasteiger partial charge >= 0.3 is 20.2 Å². The van der Waals surface area contributed by atoms with Crippen LogP contribution in [0.5, 0.6) is 5.88 Å². The summed E-state index contributed by atoms with van der Waals surface area (Å²) in [5.41, 5.74) is 4.28. The van der Waals surface area contributed by atoms with Gasteiger partial charge in [0.15, 0.2) is 29.1 Å². The number of nitrogen functional groups attached to an aromatic ring is 1. The summed E-state index contributed by atoms with van der Waals surface area (Å²) >= 11 is 0. The molecule has 2 N–H and O–H groups in total. The highest BCUT2D eigenvalue weighted by atomic mass is 31.2. The second kappa shape index (κ2) is 10.3. The summed E-state index contributed by atoms with van der Waals surface area (Å²) in [5.74, 6) is 0.0602. The van der Waals surface area contributed by atoms with Crippen molar-refractivity contribution >= 4 is 31.1 Å². The molecule has 0 unspecified atom stereocenters. The Hall–Kier alpha value is -3.50. The molecule has 14 nitrogen and oxygen atoms in total. The summed E-state index contributed by atoms with van der Waals surface area (Å²) in [6, 6.07) is 4.52. The van der Waals surface area contributed by atoms with Crippen molar-refractivity contribution < 1.29 is 55.0 Å². The normalized spacial score (nSPS) is 31.1. The molecule has 18 heteroatoms. The highest BCUT2D eigenvalue weighted by Gasteiger charge is 2.64. The van der Waals surface area contributed by atoms with Crippen LogP contribution in [-0.4, -0.2) is 63.3 Å². The van der Waals surface area contributed by atoms with Crippen LogP contribution < -0.4 is 10.5 Å². The van der Waals surface area contributed by atoms with Gasteiger partial charge in [0.1, 0.15) is 6.10 Å². The van der Waals surface area contributed by atoms with Gasteiger partial charge in [0.05, 0.1) is 37.8 Å². The van der Waals surface area contributed by atoms with Gasteiger partial charge < -0.3 is 24.7 Å². The third-order valence-electron chi connectivity index (χ3n) is 7.03. The Morgan fingerprint density at radius 1 is 1.29 bits per heavy atom. The number of benzene rings is 1. The fourth-order valence-corrected chi connectivity index (χ4v) is 6.55. The number of aromatic nitrogens is 4. The molecular weight excluding hydrogens is 590 g/mol. The van der Waals surface area contributed by atoms with Crippen LogP contribution in [0.2, 0.25) is 0 Å². The molecule has 3 aliphatic rings. The molecule has 6 atom stereocenters. The number of halogens is 3. The van der Waals surface area contributed by atoms with E-state index in [9.17, 15) is 22.5 Å². The number of hydrogen-bond acceptors (Lipinski definition) is 13. The fourth-order valence-electron chi connectivity index (χ4n) is 5.16. The van der Waals surface area contributed by atoms with E-state index in [2.05, 4.69) is 15.0 Å². The number of fused-ring (bicyclic) bond motifs is 2. The Morgan fingerprint density at radius 3 is 2.86 bits per heavy atom. The minimum Gasteiger partial charge on any atom is -0.476 e. The number of nitrogens with two attached hydrogens (primary N) is 1. The molecular formula is C24H25F3N5O9P. The number of anilines is 1. The lowest BCUT2D eigenvalue weighted by Gasteiger charge is -2.30. The Kier molecular flexibility index (Phi) is 7.05. The van der Waals surface area contributed by atoms with E-state index in [1.54, 1.807) is 13.8 Å². The second-order valence-electron chi connectivity index (χ2n) is 9.83. The summed E-state index contributed by atoms with van der Waals surface area (Å²) in [6.45, 7) is 3.08.